The maximum Gasteiger partial charge on any atom is 0.332 e. The summed E-state index contributed by atoms with van der Waals surface area (Å²) in [5, 5.41) is 0. The number of rotatable bonds is 20. The number of carbonyl (C=O) groups excluding carboxylic acids is 2. The molecule has 2 amide bonds. The Balaban J connectivity index is 3.49. The van der Waals surface area contributed by atoms with Crippen LogP contribution in [-0.4, -0.2) is 29.7 Å². The number of urea groups is 1. The van der Waals surface area contributed by atoms with Gasteiger partial charge in [-0.25, -0.2) is 9.59 Å². The summed E-state index contributed by atoms with van der Waals surface area (Å²) >= 11 is 0. The Morgan fingerprint density at radius 3 is 1.55 bits per heavy atom. The number of nitrogens with zero attached hydrogens (tertiary/aromatic N) is 1. The molecule has 2 N–H and O–H groups in total. The minimum Gasteiger partial charge on any atom is -0.439 e. The molecule has 0 radical (unpaired) electrons. The van der Waals surface area contributed by atoms with Crippen molar-refractivity contribution in [3.63, 3.8) is 0 Å². The third kappa shape index (κ3) is 17.1. The maximum absolute atomic E-state index is 11.5. The first kappa shape index (κ1) is 27.5. The summed E-state index contributed by atoms with van der Waals surface area (Å²) in [5.74, 6) is -0.546. The molecule has 0 aliphatic carbocycles. The standard InChI is InChI=1S/C24H46N2O3/c1-4-6-7-8-9-10-11-12-13-14-15-16-17-18-19-20-21-26(24(25)28)22(3)29-23(27)5-2/h5,22H,2,4,6-21H2,1,3H3,(H2,25,28). The number of nitrogens with two attached hydrogens (primary N) is 1. The summed E-state index contributed by atoms with van der Waals surface area (Å²) in [6.45, 7) is 7.79. The molecule has 0 aliphatic heterocycles. The van der Waals surface area contributed by atoms with Gasteiger partial charge in [-0.2, -0.15) is 0 Å². The van der Waals surface area contributed by atoms with Gasteiger partial charge in [0.1, 0.15) is 0 Å². The fourth-order valence-electron chi connectivity index (χ4n) is 3.58. The number of ether oxygens (including phenoxy) is 1. The predicted octanol–water partition coefficient (Wildman–Crippen LogP) is 6.70. The molecule has 0 saturated carbocycles. The smallest absolute Gasteiger partial charge is 0.332 e. The highest BCUT2D eigenvalue weighted by Crippen LogP contribution is 2.14. The van der Waals surface area contributed by atoms with Gasteiger partial charge in [-0.3, -0.25) is 4.90 Å². The van der Waals surface area contributed by atoms with Crippen molar-refractivity contribution in [3.8, 4) is 0 Å². The Kier molecular flexibility index (Phi) is 18.7. The lowest BCUT2D eigenvalue weighted by atomic mass is 10.0. The van der Waals surface area contributed by atoms with Crippen molar-refractivity contribution in [1.29, 1.82) is 0 Å². The molecular weight excluding hydrogens is 364 g/mol. The summed E-state index contributed by atoms with van der Waals surface area (Å²) in [6, 6.07) is -0.560. The highest BCUT2D eigenvalue weighted by atomic mass is 16.6. The Labute approximate surface area is 179 Å². The number of amides is 2. The van der Waals surface area contributed by atoms with Crippen LogP contribution >= 0.6 is 0 Å². The fourth-order valence-corrected chi connectivity index (χ4v) is 3.58. The Morgan fingerprint density at radius 1 is 0.828 bits per heavy atom. The molecule has 0 aromatic carbocycles. The second-order valence-electron chi connectivity index (χ2n) is 8.08. The van der Waals surface area contributed by atoms with E-state index in [1.165, 1.54) is 94.8 Å². The van der Waals surface area contributed by atoms with E-state index in [-0.39, 0.29) is 0 Å². The van der Waals surface area contributed by atoms with Crippen LogP contribution in [0.1, 0.15) is 117 Å². The first-order valence-electron chi connectivity index (χ1n) is 11.9. The van der Waals surface area contributed by atoms with E-state index in [1.807, 2.05) is 0 Å². The van der Waals surface area contributed by atoms with E-state index in [2.05, 4.69) is 13.5 Å². The molecule has 0 bridgehead atoms. The zero-order valence-corrected chi connectivity index (χ0v) is 19.1. The van der Waals surface area contributed by atoms with Crippen LogP contribution in [0.4, 0.5) is 4.79 Å². The van der Waals surface area contributed by atoms with Gasteiger partial charge >= 0.3 is 12.0 Å². The molecule has 0 saturated heterocycles. The molecule has 0 aromatic rings. The van der Waals surface area contributed by atoms with Crippen LogP contribution in [0.2, 0.25) is 0 Å². The van der Waals surface area contributed by atoms with Crippen molar-refractivity contribution < 1.29 is 14.3 Å². The number of unbranched alkanes of at least 4 members (excludes halogenated alkanes) is 15. The first-order valence-corrected chi connectivity index (χ1v) is 11.9. The monoisotopic (exact) mass is 410 g/mol. The second-order valence-corrected chi connectivity index (χ2v) is 8.08. The van der Waals surface area contributed by atoms with Crippen LogP contribution < -0.4 is 5.73 Å². The van der Waals surface area contributed by atoms with Gasteiger partial charge in [0, 0.05) is 12.6 Å². The van der Waals surface area contributed by atoms with Gasteiger partial charge in [-0.05, 0) is 13.3 Å². The number of hydrogen-bond donors (Lipinski definition) is 1. The molecule has 0 aromatic heterocycles. The highest BCUT2D eigenvalue weighted by molar-refractivity contribution is 5.81. The van der Waals surface area contributed by atoms with Crippen LogP contribution in [0, 0.1) is 0 Å². The maximum atomic E-state index is 11.5. The Morgan fingerprint density at radius 2 is 1.21 bits per heavy atom. The summed E-state index contributed by atoms with van der Waals surface area (Å²) in [5.41, 5.74) is 5.39. The van der Waals surface area contributed by atoms with E-state index in [4.69, 9.17) is 10.5 Å². The molecule has 0 rings (SSSR count). The van der Waals surface area contributed by atoms with Gasteiger partial charge < -0.3 is 10.5 Å². The largest absolute Gasteiger partial charge is 0.439 e. The van der Waals surface area contributed by atoms with E-state index >= 15 is 0 Å². The number of hydrogen-bond acceptors (Lipinski definition) is 3. The van der Waals surface area contributed by atoms with Gasteiger partial charge in [0.05, 0.1) is 0 Å². The lowest BCUT2D eigenvalue weighted by molar-refractivity contribution is -0.148. The molecular formula is C24H46N2O3. The van der Waals surface area contributed by atoms with Gasteiger partial charge in [0.15, 0.2) is 6.23 Å². The third-order valence-corrected chi connectivity index (χ3v) is 5.43. The van der Waals surface area contributed by atoms with Crippen molar-refractivity contribution in [2.75, 3.05) is 6.54 Å². The molecule has 170 valence electrons. The minimum atomic E-state index is -0.658. The lowest BCUT2D eigenvalue weighted by Crippen LogP contribution is -2.44. The topological polar surface area (TPSA) is 72.6 Å². The first-order chi connectivity index (χ1) is 14.0. The third-order valence-electron chi connectivity index (χ3n) is 5.43. The Hall–Kier alpha value is -1.52. The second kappa shape index (κ2) is 19.8. The zero-order chi connectivity index (χ0) is 21.7. The number of carbonyl (C=O) groups is 2. The van der Waals surface area contributed by atoms with Gasteiger partial charge in [0.2, 0.25) is 0 Å². The fraction of sp³-hybridized carbons (Fsp3) is 0.833. The molecule has 29 heavy (non-hydrogen) atoms. The molecule has 0 aliphatic rings. The summed E-state index contributed by atoms with van der Waals surface area (Å²) in [6.07, 6.45) is 21.3. The van der Waals surface area contributed by atoms with Crippen molar-refractivity contribution in [2.24, 2.45) is 5.73 Å². The predicted molar refractivity (Wildman–Crippen MR) is 122 cm³/mol. The van der Waals surface area contributed by atoms with Gasteiger partial charge in [0.25, 0.3) is 0 Å². The highest BCUT2D eigenvalue weighted by Gasteiger charge is 2.19. The van der Waals surface area contributed by atoms with Gasteiger partial charge in [-0.1, -0.05) is 110 Å². The molecule has 1 atom stereocenters. The van der Waals surface area contributed by atoms with E-state index in [1.54, 1.807) is 6.92 Å². The molecule has 0 fully saturated rings. The van der Waals surface area contributed by atoms with Crippen LogP contribution in [0.15, 0.2) is 12.7 Å². The zero-order valence-electron chi connectivity index (χ0n) is 19.1. The SMILES string of the molecule is C=CC(=O)OC(C)N(CCCCCCCCCCCCCCCCCC)C(N)=O. The van der Waals surface area contributed by atoms with Crippen molar-refractivity contribution in [1.82, 2.24) is 4.90 Å². The average Bonchev–Trinajstić information content (AvgIpc) is 2.69. The quantitative estimate of drug-likeness (QED) is 0.105. The van der Waals surface area contributed by atoms with E-state index in [0.717, 1.165) is 18.9 Å². The van der Waals surface area contributed by atoms with Crippen molar-refractivity contribution >= 4 is 12.0 Å². The Bertz CT molecular complexity index is 426. The molecule has 0 spiro atoms. The van der Waals surface area contributed by atoms with Crippen molar-refractivity contribution in [2.45, 2.75) is 123 Å². The summed E-state index contributed by atoms with van der Waals surface area (Å²) in [7, 11) is 0. The molecule has 0 heterocycles. The summed E-state index contributed by atoms with van der Waals surface area (Å²) in [4.78, 5) is 24.2. The van der Waals surface area contributed by atoms with E-state index in [0.29, 0.717) is 6.54 Å². The molecule has 1 unspecified atom stereocenters. The van der Waals surface area contributed by atoms with Crippen LogP contribution in [-0.2, 0) is 9.53 Å². The average molecular weight is 411 g/mol. The normalized spacial score (nSPS) is 11.8. The molecule has 5 nitrogen and oxygen atoms in total. The number of primary amides is 1. The van der Waals surface area contributed by atoms with Gasteiger partial charge in [-0.15, -0.1) is 0 Å². The van der Waals surface area contributed by atoms with E-state index < -0.39 is 18.2 Å². The number of esters is 1. The van der Waals surface area contributed by atoms with E-state index in [9.17, 15) is 9.59 Å². The lowest BCUT2D eigenvalue weighted by Gasteiger charge is -2.26. The summed E-state index contributed by atoms with van der Waals surface area (Å²) < 4.78 is 5.07. The van der Waals surface area contributed by atoms with Crippen LogP contribution in [0.3, 0.4) is 0 Å². The molecule has 5 heteroatoms. The van der Waals surface area contributed by atoms with Crippen LogP contribution in [0.5, 0.6) is 0 Å². The minimum absolute atomic E-state index is 0.513. The van der Waals surface area contributed by atoms with Crippen LogP contribution in [0.25, 0.3) is 0 Å². The van der Waals surface area contributed by atoms with Crippen molar-refractivity contribution in [3.05, 3.63) is 12.7 Å².